The molecule has 0 aliphatic rings. The van der Waals surface area contributed by atoms with E-state index < -0.39 is 28.5 Å². The fourth-order valence-corrected chi connectivity index (χ4v) is 4.65. The van der Waals surface area contributed by atoms with Gasteiger partial charge >= 0.3 is 0 Å². The first-order valence-corrected chi connectivity index (χ1v) is 13.6. The summed E-state index contributed by atoms with van der Waals surface area (Å²) in [6.07, 6.45) is 0.986. The molecule has 0 saturated carbocycles. The van der Waals surface area contributed by atoms with Crippen molar-refractivity contribution in [1.29, 1.82) is 0 Å². The summed E-state index contributed by atoms with van der Waals surface area (Å²) in [6, 6.07) is 10.5. The summed E-state index contributed by atoms with van der Waals surface area (Å²) in [4.78, 5) is 27.7. The van der Waals surface area contributed by atoms with Gasteiger partial charge in [0.05, 0.1) is 19.1 Å². The standard InChI is InChI=1S/C24H31Cl2N3O5S/c1-16(2)13-27-24(31)17(3)28(14-18-7-6-8-22(9-18)34-4)23(30)15-29(35(5,32)33)21-11-19(25)10-20(26)12-21/h6-12,16-17H,13-15H2,1-5H3,(H,27,31)/t17-/m0/s1. The number of nitrogens with zero attached hydrogens (tertiary/aromatic N) is 2. The number of anilines is 1. The van der Waals surface area contributed by atoms with Gasteiger partial charge in [0.25, 0.3) is 0 Å². The van der Waals surface area contributed by atoms with Gasteiger partial charge in [-0.15, -0.1) is 0 Å². The van der Waals surface area contributed by atoms with E-state index in [9.17, 15) is 18.0 Å². The van der Waals surface area contributed by atoms with Crippen molar-refractivity contribution >= 4 is 50.7 Å². The first-order valence-electron chi connectivity index (χ1n) is 11.0. The minimum Gasteiger partial charge on any atom is -0.497 e. The summed E-state index contributed by atoms with van der Waals surface area (Å²) >= 11 is 12.1. The first-order chi connectivity index (χ1) is 16.3. The Balaban J connectivity index is 2.41. The average Bonchev–Trinajstić information content (AvgIpc) is 2.77. The van der Waals surface area contributed by atoms with Crippen LogP contribution in [0.1, 0.15) is 26.3 Å². The quantitative estimate of drug-likeness (QED) is 0.462. The van der Waals surface area contributed by atoms with Crippen molar-refractivity contribution in [3.8, 4) is 5.75 Å². The molecular formula is C24H31Cl2N3O5S. The number of sulfonamides is 1. The molecule has 0 fully saturated rings. The Morgan fingerprint density at radius 2 is 1.69 bits per heavy atom. The summed E-state index contributed by atoms with van der Waals surface area (Å²) in [5, 5.41) is 3.28. The number of hydrogen-bond acceptors (Lipinski definition) is 5. The van der Waals surface area contributed by atoms with Gasteiger partial charge in [-0.2, -0.15) is 0 Å². The number of amides is 2. The lowest BCUT2D eigenvalue weighted by Crippen LogP contribution is -2.51. The molecular weight excluding hydrogens is 513 g/mol. The van der Waals surface area contributed by atoms with Crippen LogP contribution in [0.3, 0.4) is 0 Å². The number of ether oxygens (including phenoxy) is 1. The Morgan fingerprint density at radius 1 is 1.06 bits per heavy atom. The van der Waals surface area contributed by atoms with Gasteiger partial charge in [-0.3, -0.25) is 13.9 Å². The van der Waals surface area contributed by atoms with Crippen molar-refractivity contribution in [2.45, 2.75) is 33.4 Å². The fraction of sp³-hybridized carbons (Fsp3) is 0.417. The molecule has 0 saturated heterocycles. The average molecular weight is 545 g/mol. The van der Waals surface area contributed by atoms with Crippen LogP contribution in [0.5, 0.6) is 5.75 Å². The Kier molecular flexibility index (Phi) is 10.2. The normalized spacial score (nSPS) is 12.2. The van der Waals surface area contributed by atoms with Crippen molar-refractivity contribution in [3.05, 3.63) is 58.1 Å². The SMILES string of the molecule is COc1cccc(CN(C(=O)CN(c2cc(Cl)cc(Cl)c2)S(C)(=O)=O)[C@@H](C)C(=O)NCC(C)C)c1. The minimum atomic E-state index is -3.88. The van der Waals surface area contributed by atoms with Crippen LogP contribution in [0.2, 0.25) is 10.0 Å². The molecule has 35 heavy (non-hydrogen) atoms. The number of carbonyl (C=O) groups excluding carboxylic acids is 2. The lowest BCUT2D eigenvalue weighted by molar-refractivity contribution is -0.139. The number of rotatable bonds is 11. The monoisotopic (exact) mass is 543 g/mol. The van der Waals surface area contributed by atoms with E-state index in [1.165, 1.54) is 30.2 Å². The second-order valence-corrected chi connectivity index (χ2v) is 11.4. The van der Waals surface area contributed by atoms with Crippen LogP contribution in [0.25, 0.3) is 0 Å². The molecule has 8 nitrogen and oxygen atoms in total. The van der Waals surface area contributed by atoms with Gasteiger partial charge in [-0.05, 0) is 48.7 Å². The highest BCUT2D eigenvalue weighted by atomic mass is 35.5. The van der Waals surface area contributed by atoms with Crippen LogP contribution in [0, 0.1) is 5.92 Å². The highest BCUT2D eigenvalue weighted by Gasteiger charge is 2.30. The van der Waals surface area contributed by atoms with Crippen LogP contribution >= 0.6 is 23.2 Å². The van der Waals surface area contributed by atoms with Gasteiger partial charge in [0, 0.05) is 23.1 Å². The minimum absolute atomic E-state index is 0.0696. The molecule has 0 heterocycles. The van der Waals surface area contributed by atoms with Gasteiger partial charge < -0.3 is 15.0 Å². The predicted octanol–water partition coefficient (Wildman–Crippen LogP) is 3.96. The van der Waals surface area contributed by atoms with E-state index in [0.29, 0.717) is 12.3 Å². The molecule has 192 valence electrons. The molecule has 2 amide bonds. The van der Waals surface area contributed by atoms with E-state index in [1.54, 1.807) is 31.2 Å². The third-order valence-electron chi connectivity index (χ3n) is 5.15. The van der Waals surface area contributed by atoms with Gasteiger partial charge in [0.15, 0.2) is 0 Å². The van der Waals surface area contributed by atoms with E-state index in [1.807, 2.05) is 13.8 Å². The Hall–Kier alpha value is -2.49. The molecule has 2 aromatic carbocycles. The lowest BCUT2D eigenvalue weighted by atomic mass is 10.1. The Bertz CT molecular complexity index is 1140. The number of halogens is 2. The topological polar surface area (TPSA) is 96.0 Å². The summed E-state index contributed by atoms with van der Waals surface area (Å²) in [6.45, 7) is 5.51. The van der Waals surface area contributed by atoms with Crippen molar-refractivity contribution in [1.82, 2.24) is 10.2 Å². The molecule has 1 atom stereocenters. The van der Waals surface area contributed by atoms with E-state index in [-0.39, 0.29) is 34.1 Å². The van der Waals surface area contributed by atoms with E-state index >= 15 is 0 Å². The van der Waals surface area contributed by atoms with Gasteiger partial charge in [0.1, 0.15) is 18.3 Å². The molecule has 2 aromatic rings. The Morgan fingerprint density at radius 3 is 2.23 bits per heavy atom. The van der Waals surface area contributed by atoms with Gasteiger partial charge in [-0.25, -0.2) is 8.42 Å². The molecule has 0 aliphatic carbocycles. The maximum Gasteiger partial charge on any atom is 0.244 e. The summed E-state index contributed by atoms with van der Waals surface area (Å²) in [5.74, 6) is -0.0895. The van der Waals surface area contributed by atoms with Gasteiger partial charge in [-0.1, -0.05) is 49.2 Å². The summed E-state index contributed by atoms with van der Waals surface area (Å²) in [7, 11) is -2.35. The zero-order valence-corrected chi connectivity index (χ0v) is 22.7. The van der Waals surface area contributed by atoms with Crippen LogP contribution in [-0.2, 0) is 26.2 Å². The molecule has 2 rings (SSSR count). The summed E-state index contributed by atoms with van der Waals surface area (Å²) in [5.41, 5.74) is 0.870. The fourth-order valence-electron chi connectivity index (χ4n) is 3.30. The molecule has 0 spiro atoms. The Labute approximate surface area is 217 Å². The van der Waals surface area contributed by atoms with Crippen LogP contribution < -0.4 is 14.4 Å². The van der Waals surface area contributed by atoms with E-state index in [4.69, 9.17) is 27.9 Å². The summed E-state index contributed by atoms with van der Waals surface area (Å²) < 4.78 is 31.4. The molecule has 11 heteroatoms. The highest BCUT2D eigenvalue weighted by Crippen LogP contribution is 2.27. The smallest absolute Gasteiger partial charge is 0.244 e. The van der Waals surface area contributed by atoms with Crippen LogP contribution in [0.4, 0.5) is 5.69 Å². The van der Waals surface area contributed by atoms with Crippen molar-refractivity contribution in [2.75, 3.05) is 30.8 Å². The molecule has 0 bridgehead atoms. The zero-order chi connectivity index (χ0) is 26.3. The van der Waals surface area contributed by atoms with Crippen LogP contribution in [-0.4, -0.2) is 57.6 Å². The van der Waals surface area contributed by atoms with E-state index in [2.05, 4.69) is 5.32 Å². The predicted molar refractivity (Wildman–Crippen MR) is 140 cm³/mol. The third-order valence-corrected chi connectivity index (χ3v) is 6.73. The maximum atomic E-state index is 13.5. The number of nitrogens with one attached hydrogen (secondary N) is 1. The van der Waals surface area contributed by atoms with Crippen LogP contribution in [0.15, 0.2) is 42.5 Å². The largest absolute Gasteiger partial charge is 0.497 e. The highest BCUT2D eigenvalue weighted by molar-refractivity contribution is 7.92. The number of benzene rings is 2. The number of carbonyl (C=O) groups is 2. The molecule has 0 aliphatic heterocycles. The van der Waals surface area contributed by atoms with Gasteiger partial charge in [0.2, 0.25) is 21.8 Å². The van der Waals surface area contributed by atoms with Crippen molar-refractivity contribution in [2.24, 2.45) is 5.92 Å². The van der Waals surface area contributed by atoms with Crippen molar-refractivity contribution in [3.63, 3.8) is 0 Å². The second kappa shape index (κ2) is 12.5. The molecule has 1 N–H and O–H groups in total. The molecule has 0 radical (unpaired) electrons. The zero-order valence-electron chi connectivity index (χ0n) is 20.4. The van der Waals surface area contributed by atoms with E-state index in [0.717, 1.165) is 16.1 Å². The number of methoxy groups -OCH3 is 1. The number of hydrogen-bond donors (Lipinski definition) is 1. The second-order valence-electron chi connectivity index (χ2n) is 8.59. The van der Waals surface area contributed by atoms with Crippen molar-refractivity contribution < 1.29 is 22.7 Å². The first kappa shape index (κ1) is 28.7. The molecule has 0 aromatic heterocycles. The maximum absolute atomic E-state index is 13.5. The molecule has 0 unspecified atom stereocenters. The lowest BCUT2D eigenvalue weighted by Gasteiger charge is -2.31. The third kappa shape index (κ3) is 8.59.